The van der Waals surface area contributed by atoms with Crippen LogP contribution in [0.5, 0.6) is 0 Å². The molecule has 1 radical (unpaired) electrons. The van der Waals surface area contributed by atoms with E-state index >= 15 is 0 Å². The second kappa shape index (κ2) is 4.81. The summed E-state index contributed by atoms with van der Waals surface area (Å²) in [6.45, 7) is 6.61. The lowest BCUT2D eigenvalue weighted by molar-refractivity contribution is -0.112. The van der Waals surface area contributed by atoms with E-state index in [1.165, 1.54) is 6.92 Å². The van der Waals surface area contributed by atoms with Gasteiger partial charge in [0.1, 0.15) is 17.9 Å². The van der Waals surface area contributed by atoms with Crippen molar-refractivity contribution in [2.24, 2.45) is 0 Å². The molecular formula is C8H14NO4. The lowest BCUT2D eigenvalue weighted by Crippen LogP contribution is -2.29. The van der Waals surface area contributed by atoms with Crippen LogP contribution in [0.25, 0.3) is 0 Å². The van der Waals surface area contributed by atoms with Gasteiger partial charge in [-0.05, 0) is 33.2 Å². The van der Waals surface area contributed by atoms with Gasteiger partial charge in [-0.1, -0.05) is 0 Å². The van der Waals surface area contributed by atoms with E-state index in [0.29, 0.717) is 6.29 Å². The number of hydrogen-bond acceptors (Lipinski definition) is 4. The molecule has 0 heterocycles. The number of ether oxygens (including phenoxy) is 1. The highest BCUT2D eigenvalue weighted by atomic mass is 16.8. The van der Waals surface area contributed by atoms with Crippen molar-refractivity contribution in [1.82, 2.24) is 5.48 Å². The molecule has 5 heteroatoms. The van der Waals surface area contributed by atoms with Gasteiger partial charge >= 0.3 is 6.16 Å². The lowest BCUT2D eigenvalue weighted by atomic mass is 10.2. The average molecular weight is 188 g/mol. The van der Waals surface area contributed by atoms with Gasteiger partial charge in [-0.3, -0.25) is 0 Å². The molecule has 0 N–H and O–H groups in total. The number of carbonyl (C=O) groups is 2. The van der Waals surface area contributed by atoms with Crippen LogP contribution in [0.15, 0.2) is 0 Å². The normalized spacial score (nSPS) is 13.2. The molecule has 13 heavy (non-hydrogen) atoms. The van der Waals surface area contributed by atoms with Gasteiger partial charge in [0.25, 0.3) is 0 Å². The lowest BCUT2D eigenvalue weighted by Gasteiger charge is -2.18. The summed E-state index contributed by atoms with van der Waals surface area (Å²) in [5.41, 5.74) is 2.67. The predicted molar refractivity (Wildman–Crippen MR) is 45.0 cm³/mol. The smallest absolute Gasteiger partial charge is 0.427 e. The van der Waals surface area contributed by atoms with E-state index < -0.39 is 17.8 Å². The summed E-state index contributed by atoms with van der Waals surface area (Å²) >= 11 is 0. The first-order valence-electron chi connectivity index (χ1n) is 3.90. The summed E-state index contributed by atoms with van der Waals surface area (Å²) in [6.07, 6.45) is -0.342. The summed E-state index contributed by atoms with van der Waals surface area (Å²) in [7, 11) is 0. The zero-order valence-electron chi connectivity index (χ0n) is 8.23. The third-order valence-electron chi connectivity index (χ3n) is 0.880. The largest absolute Gasteiger partial charge is 0.529 e. The van der Waals surface area contributed by atoms with Crippen LogP contribution in [0, 0.1) is 0 Å². The predicted octanol–water partition coefficient (Wildman–Crippen LogP) is 1.04. The number of nitrogens with zero attached hydrogens (tertiary/aromatic N) is 1. The summed E-state index contributed by atoms with van der Waals surface area (Å²) < 4.78 is 4.76. The number of carbonyl (C=O) groups excluding carboxylic acids is 2. The Morgan fingerprint density at radius 2 is 2.00 bits per heavy atom. The summed E-state index contributed by atoms with van der Waals surface area (Å²) in [6, 6.07) is -0.660. The molecule has 0 saturated heterocycles. The van der Waals surface area contributed by atoms with Crippen LogP contribution in [0.3, 0.4) is 0 Å². The van der Waals surface area contributed by atoms with Gasteiger partial charge in [-0.2, -0.15) is 0 Å². The molecule has 0 amide bonds. The van der Waals surface area contributed by atoms with E-state index in [1.54, 1.807) is 20.8 Å². The maximum atomic E-state index is 10.8. The fourth-order valence-corrected chi connectivity index (χ4v) is 0.420. The molecular weight excluding hydrogens is 174 g/mol. The van der Waals surface area contributed by atoms with E-state index in [2.05, 4.69) is 10.3 Å². The molecule has 0 aromatic heterocycles. The monoisotopic (exact) mass is 188 g/mol. The first kappa shape index (κ1) is 11.9. The number of rotatable bonds is 3. The number of hydroxylamine groups is 1. The molecule has 0 fully saturated rings. The molecule has 5 nitrogen and oxygen atoms in total. The summed E-state index contributed by atoms with van der Waals surface area (Å²) in [5.74, 6) is 0. The van der Waals surface area contributed by atoms with E-state index in [9.17, 15) is 9.59 Å². The van der Waals surface area contributed by atoms with Crippen LogP contribution in [0.2, 0.25) is 0 Å². The Kier molecular flexibility index (Phi) is 4.40. The Hall–Kier alpha value is -1.10. The summed E-state index contributed by atoms with van der Waals surface area (Å²) in [5, 5.41) is 0. The quantitative estimate of drug-likeness (QED) is 0.377. The molecule has 0 bridgehead atoms. The van der Waals surface area contributed by atoms with Crippen LogP contribution in [-0.2, 0) is 14.4 Å². The Morgan fingerprint density at radius 1 is 1.46 bits per heavy atom. The minimum absolute atomic E-state index is 0.560. The zero-order valence-corrected chi connectivity index (χ0v) is 8.23. The topological polar surface area (TPSA) is 66.7 Å². The molecule has 75 valence electrons. The molecule has 0 rings (SSSR count). The first-order valence-corrected chi connectivity index (χ1v) is 3.90. The molecule has 0 aliphatic carbocycles. The van der Waals surface area contributed by atoms with Crippen molar-refractivity contribution in [3.05, 3.63) is 0 Å². The van der Waals surface area contributed by atoms with Crippen molar-refractivity contribution in [2.75, 3.05) is 0 Å². The van der Waals surface area contributed by atoms with Crippen LogP contribution >= 0.6 is 0 Å². The Balaban J connectivity index is 3.70. The van der Waals surface area contributed by atoms with Crippen molar-refractivity contribution < 1.29 is 19.2 Å². The van der Waals surface area contributed by atoms with E-state index in [4.69, 9.17) is 4.74 Å². The highest BCUT2D eigenvalue weighted by molar-refractivity contribution is 5.61. The fourth-order valence-electron chi connectivity index (χ4n) is 0.420. The van der Waals surface area contributed by atoms with Crippen molar-refractivity contribution in [2.45, 2.75) is 39.3 Å². The van der Waals surface area contributed by atoms with Crippen LogP contribution in [-0.4, -0.2) is 24.1 Å². The molecule has 0 saturated carbocycles. The van der Waals surface area contributed by atoms with Crippen molar-refractivity contribution in [1.29, 1.82) is 0 Å². The van der Waals surface area contributed by atoms with E-state index in [0.717, 1.165) is 0 Å². The fraction of sp³-hybridized carbons (Fsp3) is 0.750. The zero-order chi connectivity index (χ0) is 10.5. The van der Waals surface area contributed by atoms with E-state index in [1.807, 2.05) is 0 Å². The number of hydrogen-bond donors (Lipinski definition) is 0. The van der Waals surface area contributed by atoms with Crippen molar-refractivity contribution in [3.63, 3.8) is 0 Å². The van der Waals surface area contributed by atoms with Gasteiger partial charge in [-0.15, -0.1) is 0 Å². The maximum Gasteiger partial charge on any atom is 0.529 e. The molecule has 0 aliphatic heterocycles. The van der Waals surface area contributed by atoms with Crippen LogP contribution < -0.4 is 5.48 Å². The average Bonchev–Trinajstić information content (AvgIpc) is 1.97. The van der Waals surface area contributed by atoms with Gasteiger partial charge in [0, 0.05) is 0 Å². The minimum atomic E-state index is -0.902. The SMILES string of the molecule is C[C@@H](C=O)[N]OC(=O)OC(C)(C)C. The second-order valence-electron chi connectivity index (χ2n) is 3.54. The van der Waals surface area contributed by atoms with Gasteiger partial charge < -0.3 is 14.4 Å². The molecule has 0 aromatic carbocycles. The Labute approximate surface area is 77.3 Å². The van der Waals surface area contributed by atoms with Crippen LogP contribution in [0.4, 0.5) is 4.79 Å². The Bertz CT molecular complexity index is 185. The molecule has 0 spiro atoms. The van der Waals surface area contributed by atoms with Gasteiger partial charge in [0.15, 0.2) is 0 Å². The minimum Gasteiger partial charge on any atom is -0.427 e. The van der Waals surface area contributed by atoms with Crippen molar-refractivity contribution in [3.8, 4) is 0 Å². The third-order valence-corrected chi connectivity index (χ3v) is 0.880. The second-order valence-corrected chi connectivity index (χ2v) is 3.54. The third kappa shape index (κ3) is 7.27. The Morgan fingerprint density at radius 3 is 2.38 bits per heavy atom. The molecule has 0 aliphatic rings. The first-order chi connectivity index (χ1) is 5.85. The van der Waals surface area contributed by atoms with Gasteiger partial charge in [0.2, 0.25) is 0 Å². The maximum absolute atomic E-state index is 10.8. The van der Waals surface area contributed by atoms with Crippen molar-refractivity contribution >= 4 is 12.4 Å². The van der Waals surface area contributed by atoms with Gasteiger partial charge in [0.05, 0.1) is 0 Å². The van der Waals surface area contributed by atoms with Crippen LogP contribution in [0.1, 0.15) is 27.7 Å². The highest BCUT2D eigenvalue weighted by Gasteiger charge is 2.18. The number of aldehydes is 1. The standard InChI is InChI=1S/C8H14NO4/c1-6(5-10)9-13-7(11)12-8(2,3)4/h5-6H,1-4H3/t6-/m0/s1. The van der Waals surface area contributed by atoms with Gasteiger partial charge in [-0.25, -0.2) is 4.79 Å². The summed E-state index contributed by atoms with van der Waals surface area (Å²) in [4.78, 5) is 25.2. The molecule has 0 aromatic rings. The molecule has 0 unspecified atom stereocenters. The van der Waals surface area contributed by atoms with E-state index in [-0.39, 0.29) is 0 Å². The molecule has 1 atom stereocenters. The highest BCUT2D eigenvalue weighted by Crippen LogP contribution is 2.07.